The van der Waals surface area contributed by atoms with Crippen molar-refractivity contribution in [3.05, 3.63) is 17.7 Å². The SMILES string of the molecule is CN(CC(=O)NC1CC1)c1nc(N)c(F)cc1F. The van der Waals surface area contributed by atoms with Crippen molar-refractivity contribution in [3.63, 3.8) is 0 Å². The van der Waals surface area contributed by atoms with Crippen LogP contribution in [0, 0.1) is 11.6 Å². The maximum Gasteiger partial charge on any atom is 0.239 e. The van der Waals surface area contributed by atoms with Gasteiger partial charge in [-0.2, -0.15) is 0 Å². The number of anilines is 2. The first-order valence-corrected chi connectivity index (χ1v) is 5.59. The van der Waals surface area contributed by atoms with Crippen LogP contribution in [0.1, 0.15) is 12.8 Å². The summed E-state index contributed by atoms with van der Waals surface area (Å²) in [6.45, 7) is -0.0501. The molecular formula is C11H14F2N4O. The number of pyridine rings is 1. The fourth-order valence-electron chi connectivity index (χ4n) is 1.53. The molecule has 1 amide bonds. The van der Waals surface area contributed by atoms with Gasteiger partial charge >= 0.3 is 0 Å². The van der Waals surface area contributed by atoms with Crippen LogP contribution in [0.15, 0.2) is 6.07 Å². The summed E-state index contributed by atoms with van der Waals surface area (Å²) in [4.78, 5) is 16.4. The minimum Gasteiger partial charge on any atom is -0.381 e. The number of amides is 1. The fourth-order valence-corrected chi connectivity index (χ4v) is 1.53. The Morgan fingerprint density at radius 2 is 2.22 bits per heavy atom. The van der Waals surface area contributed by atoms with E-state index in [2.05, 4.69) is 10.3 Å². The third-order valence-electron chi connectivity index (χ3n) is 2.62. The van der Waals surface area contributed by atoms with E-state index in [1.54, 1.807) is 0 Å². The molecule has 7 heteroatoms. The van der Waals surface area contributed by atoms with Gasteiger partial charge in [0, 0.05) is 19.2 Å². The summed E-state index contributed by atoms with van der Waals surface area (Å²) in [5.41, 5.74) is 5.27. The van der Waals surface area contributed by atoms with Crippen molar-refractivity contribution in [2.45, 2.75) is 18.9 Å². The van der Waals surface area contributed by atoms with Crippen molar-refractivity contribution in [2.75, 3.05) is 24.2 Å². The van der Waals surface area contributed by atoms with E-state index < -0.39 is 11.6 Å². The number of rotatable bonds is 4. The van der Waals surface area contributed by atoms with Gasteiger partial charge < -0.3 is 16.0 Å². The minimum absolute atomic E-state index is 0.0501. The summed E-state index contributed by atoms with van der Waals surface area (Å²) < 4.78 is 26.4. The number of nitrogens with one attached hydrogen (secondary N) is 1. The van der Waals surface area contributed by atoms with Gasteiger partial charge in [-0.15, -0.1) is 0 Å². The van der Waals surface area contributed by atoms with Crippen LogP contribution in [0.2, 0.25) is 0 Å². The van der Waals surface area contributed by atoms with Gasteiger partial charge in [-0.05, 0) is 12.8 Å². The number of nitrogens with zero attached hydrogens (tertiary/aromatic N) is 2. The molecule has 0 spiro atoms. The molecule has 2 rings (SSSR count). The van der Waals surface area contributed by atoms with Crippen molar-refractivity contribution in [1.82, 2.24) is 10.3 Å². The molecule has 3 N–H and O–H groups in total. The highest BCUT2D eigenvalue weighted by molar-refractivity contribution is 5.81. The van der Waals surface area contributed by atoms with E-state index in [1.807, 2.05) is 0 Å². The van der Waals surface area contributed by atoms with Crippen LogP contribution in [0.5, 0.6) is 0 Å². The highest BCUT2D eigenvalue weighted by atomic mass is 19.1. The van der Waals surface area contributed by atoms with Crippen molar-refractivity contribution in [1.29, 1.82) is 0 Å². The Morgan fingerprint density at radius 3 is 2.83 bits per heavy atom. The van der Waals surface area contributed by atoms with Crippen LogP contribution in [0.25, 0.3) is 0 Å². The number of hydrogen-bond acceptors (Lipinski definition) is 4. The number of halogens is 2. The van der Waals surface area contributed by atoms with E-state index in [9.17, 15) is 13.6 Å². The summed E-state index contributed by atoms with van der Waals surface area (Å²) in [7, 11) is 1.50. The Morgan fingerprint density at radius 1 is 1.56 bits per heavy atom. The molecule has 1 aromatic rings. The zero-order valence-electron chi connectivity index (χ0n) is 9.91. The molecule has 0 radical (unpaired) electrons. The summed E-state index contributed by atoms with van der Waals surface area (Å²) >= 11 is 0. The molecule has 0 bridgehead atoms. The zero-order chi connectivity index (χ0) is 13.3. The first-order valence-electron chi connectivity index (χ1n) is 5.59. The van der Waals surface area contributed by atoms with Crippen LogP contribution in [-0.2, 0) is 4.79 Å². The van der Waals surface area contributed by atoms with Gasteiger partial charge in [-0.1, -0.05) is 0 Å². The lowest BCUT2D eigenvalue weighted by atomic mass is 10.3. The Kier molecular flexibility index (Phi) is 3.31. The average molecular weight is 256 g/mol. The quantitative estimate of drug-likeness (QED) is 0.830. The smallest absolute Gasteiger partial charge is 0.239 e. The van der Waals surface area contributed by atoms with Crippen molar-refractivity contribution < 1.29 is 13.6 Å². The molecule has 18 heavy (non-hydrogen) atoms. The standard InChI is InChI=1S/C11H14F2N4O/c1-17(5-9(18)15-6-2-3-6)11-8(13)4-7(12)10(14)16-11/h4,6H,2-3,5H2,1H3,(H2,14,16)(H,15,18). The first-order chi connectivity index (χ1) is 8.47. The normalized spacial score (nSPS) is 14.4. The van der Waals surface area contributed by atoms with Crippen LogP contribution >= 0.6 is 0 Å². The van der Waals surface area contributed by atoms with Gasteiger partial charge in [0.15, 0.2) is 23.3 Å². The Balaban J connectivity index is 2.05. The van der Waals surface area contributed by atoms with Crippen LogP contribution in [-0.4, -0.2) is 30.5 Å². The average Bonchev–Trinajstić information content (AvgIpc) is 3.06. The topological polar surface area (TPSA) is 71.2 Å². The minimum atomic E-state index is -0.910. The summed E-state index contributed by atoms with van der Waals surface area (Å²) in [5.74, 6) is -2.50. The highest BCUT2D eigenvalue weighted by Gasteiger charge is 2.24. The lowest BCUT2D eigenvalue weighted by molar-refractivity contribution is -0.119. The van der Waals surface area contributed by atoms with E-state index in [0.717, 1.165) is 12.8 Å². The van der Waals surface area contributed by atoms with Crippen LogP contribution in [0.4, 0.5) is 20.4 Å². The first kappa shape index (κ1) is 12.5. The summed E-state index contributed by atoms with van der Waals surface area (Å²) in [6, 6.07) is 0.898. The lowest BCUT2D eigenvalue weighted by Gasteiger charge is -2.18. The maximum absolute atomic E-state index is 13.5. The van der Waals surface area contributed by atoms with Crippen molar-refractivity contribution >= 4 is 17.5 Å². The number of carbonyl (C=O) groups is 1. The van der Waals surface area contributed by atoms with Crippen molar-refractivity contribution in [3.8, 4) is 0 Å². The largest absolute Gasteiger partial charge is 0.381 e. The third kappa shape index (κ3) is 2.85. The summed E-state index contributed by atoms with van der Waals surface area (Å²) in [5, 5.41) is 2.76. The molecule has 0 aliphatic heterocycles. The van der Waals surface area contributed by atoms with E-state index in [-0.39, 0.29) is 30.1 Å². The molecule has 0 unspecified atom stereocenters. The molecule has 1 fully saturated rings. The molecule has 1 aliphatic rings. The maximum atomic E-state index is 13.5. The van der Waals surface area contributed by atoms with Gasteiger partial charge in [0.05, 0.1) is 6.54 Å². The van der Waals surface area contributed by atoms with Gasteiger partial charge in [-0.3, -0.25) is 4.79 Å². The Bertz CT molecular complexity index is 476. The molecule has 1 aromatic heterocycles. The van der Waals surface area contributed by atoms with E-state index >= 15 is 0 Å². The van der Waals surface area contributed by atoms with E-state index in [4.69, 9.17) is 5.73 Å². The van der Waals surface area contributed by atoms with E-state index in [0.29, 0.717) is 6.07 Å². The monoisotopic (exact) mass is 256 g/mol. The number of nitrogens with two attached hydrogens (primary N) is 1. The van der Waals surface area contributed by atoms with Gasteiger partial charge in [-0.25, -0.2) is 13.8 Å². The number of likely N-dealkylation sites (N-methyl/N-ethyl adjacent to an activating group) is 1. The van der Waals surface area contributed by atoms with Gasteiger partial charge in [0.25, 0.3) is 0 Å². The van der Waals surface area contributed by atoms with Crippen LogP contribution in [0.3, 0.4) is 0 Å². The Hall–Kier alpha value is -1.92. The van der Waals surface area contributed by atoms with E-state index in [1.165, 1.54) is 11.9 Å². The summed E-state index contributed by atoms with van der Waals surface area (Å²) in [6.07, 6.45) is 1.96. The number of hydrogen-bond donors (Lipinski definition) is 2. The molecule has 0 aromatic carbocycles. The third-order valence-corrected chi connectivity index (χ3v) is 2.62. The molecule has 1 aliphatic carbocycles. The molecule has 1 saturated carbocycles. The highest BCUT2D eigenvalue weighted by Crippen LogP contribution is 2.20. The Labute approximate surface area is 103 Å². The number of aromatic nitrogens is 1. The second kappa shape index (κ2) is 4.75. The predicted octanol–water partition coefficient (Wildman–Crippen LogP) is 0.657. The molecule has 0 atom stereocenters. The van der Waals surface area contributed by atoms with Gasteiger partial charge in [0.2, 0.25) is 5.91 Å². The lowest BCUT2D eigenvalue weighted by Crippen LogP contribution is -2.37. The molecule has 0 saturated heterocycles. The second-order valence-electron chi connectivity index (χ2n) is 4.36. The second-order valence-corrected chi connectivity index (χ2v) is 4.36. The fraction of sp³-hybridized carbons (Fsp3) is 0.455. The molecule has 98 valence electrons. The van der Waals surface area contributed by atoms with Crippen molar-refractivity contribution in [2.24, 2.45) is 0 Å². The zero-order valence-corrected chi connectivity index (χ0v) is 9.91. The number of nitrogen functional groups attached to an aromatic ring is 1. The predicted molar refractivity (Wildman–Crippen MR) is 63.0 cm³/mol. The van der Waals surface area contributed by atoms with Gasteiger partial charge in [0.1, 0.15) is 0 Å². The molecule has 5 nitrogen and oxygen atoms in total. The number of carbonyl (C=O) groups excluding carboxylic acids is 1. The van der Waals surface area contributed by atoms with Crippen LogP contribution < -0.4 is 16.0 Å². The molecular weight excluding hydrogens is 242 g/mol. The molecule has 1 heterocycles.